The molecule has 1 rings (SSSR count). The average Bonchev–Trinajstić information content (AvgIpc) is 2.16. The molecule has 0 aliphatic carbocycles. The van der Waals surface area contributed by atoms with Gasteiger partial charge in [0.2, 0.25) is 0 Å². The summed E-state index contributed by atoms with van der Waals surface area (Å²) in [7, 11) is 0. The first-order valence-corrected chi connectivity index (χ1v) is 7.30. The van der Waals surface area contributed by atoms with Crippen molar-refractivity contribution in [3.05, 3.63) is 28.2 Å². The Morgan fingerprint density at radius 2 is 1.81 bits per heavy atom. The fraction of sp³-hybridized carbons (Fsp3) is 0.538. The van der Waals surface area contributed by atoms with Crippen molar-refractivity contribution in [2.45, 2.75) is 43.9 Å². The van der Waals surface area contributed by atoms with Gasteiger partial charge in [0.1, 0.15) is 0 Å². The zero-order valence-electron chi connectivity index (χ0n) is 10.3. The van der Waals surface area contributed by atoms with Crippen LogP contribution in [0.5, 0.6) is 0 Å². The molecule has 0 amide bonds. The summed E-state index contributed by atoms with van der Waals surface area (Å²) in [6, 6.07) is 6.43. The maximum absolute atomic E-state index is 5.99. The van der Waals surface area contributed by atoms with E-state index >= 15 is 0 Å². The second-order valence-corrected chi connectivity index (χ2v) is 6.87. The second-order valence-electron chi connectivity index (χ2n) is 4.54. The topological polar surface area (TPSA) is 26.0 Å². The molecule has 90 valence electrons. The third-order valence-corrected chi connectivity index (χ3v) is 4.73. The molecular weight excluding hydrogens is 282 g/mol. The molecule has 1 aromatic rings. The van der Waals surface area contributed by atoms with Gasteiger partial charge in [-0.15, -0.1) is 11.8 Å². The summed E-state index contributed by atoms with van der Waals surface area (Å²) in [6.07, 6.45) is 0. The Balaban J connectivity index is 2.96. The van der Waals surface area contributed by atoms with Crippen molar-refractivity contribution < 1.29 is 0 Å². The minimum Gasteiger partial charge on any atom is -0.324 e. The fourth-order valence-corrected chi connectivity index (χ4v) is 3.09. The van der Waals surface area contributed by atoms with Crippen molar-refractivity contribution in [3.63, 3.8) is 0 Å². The van der Waals surface area contributed by atoms with Gasteiger partial charge in [-0.25, -0.2) is 0 Å². The lowest BCUT2D eigenvalue weighted by Crippen LogP contribution is -2.10. The molecule has 0 aliphatic rings. The van der Waals surface area contributed by atoms with E-state index in [0.29, 0.717) is 11.2 Å². The molecule has 0 saturated heterocycles. The number of rotatable bonds is 4. The molecule has 0 heterocycles. The molecule has 0 radical (unpaired) electrons. The highest BCUT2D eigenvalue weighted by molar-refractivity contribution is 9.10. The van der Waals surface area contributed by atoms with Crippen LogP contribution in [0.2, 0.25) is 0 Å². The van der Waals surface area contributed by atoms with E-state index in [2.05, 4.69) is 54.9 Å². The van der Waals surface area contributed by atoms with Crippen LogP contribution >= 0.6 is 27.7 Å². The van der Waals surface area contributed by atoms with Crippen molar-refractivity contribution in [3.8, 4) is 0 Å². The SMILES string of the molecule is CC(N)c1ccc(Br)cc1SC(C)C(C)C. The number of nitrogens with two attached hydrogens (primary N) is 1. The monoisotopic (exact) mass is 301 g/mol. The van der Waals surface area contributed by atoms with E-state index in [1.807, 2.05) is 18.7 Å². The molecular formula is C13H20BrNS. The molecule has 1 aromatic carbocycles. The first-order valence-electron chi connectivity index (χ1n) is 5.63. The normalized spacial score (nSPS) is 15.2. The largest absolute Gasteiger partial charge is 0.324 e. The molecule has 0 fully saturated rings. The van der Waals surface area contributed by atoms with Crippen molar-refractivity contribution in [2.24, 2.45) is 11.7 Å². The molecule has 16 heavy (non-hydrogen) atoms. The van der Waals surface area contributed by atoms with E-state index in [1.165, 1.54) is 10.5 Å². The zero-order chi connectivity index (χ0) is 12.3. The molecule has 0 spiro atoms. The van der Waals surface area contributed by atoms with E-state index in [4.69, 9.17) is 5.73 Å². The molecule has 1 nitrogen and oxygen atoms in total. The number of halogens is 1. The third kappa shape index (κ3) is 3.79. The van der Waals surface area contributed by atoms with Crippen LogP contribution in [0.3, 0.4) is 0 Å². The van der Waals surface area contributed by atoms with Gasteiger partial charge in [0.05, 0.1) is 0 Å². The average molecular weight is 302 g/mol. The van der Waals surface area contributed by atoms with E-state index in [0.717, 1.165) is 4.47 Å². The van der Waals surface area contributed by atoms with Crippen LogP contribution < -0.4 is 5.73 Å². The molecule has 3 heteroatoms. The number of thioether (sulfide) groups is 1. The van der Waals surface area contributed by atoms with Crippen LogP contribution in [-0.2, 0) is 0 Å². The van der Waals surface area contributed by atoms with Crippen molar-refractivity contribution in [1.82, 2.24) is 0 Å². The Morgan fingerprint density at radius 3 is 2.31 bits per heavy atom. The lowest BCUT2D eigenvalue weighted by atomic mass is 10.1. The van der Waals surface area contributed by atoms with Crippen molar-refractivity contribution in [1.29, 1.82) is 0 Å². The summed E-state index contributed by atoms with van der Waals surface area (Å²) < 4.78 is 1.12. The number of hydrogen-bond donors (Lipinski definition) is 1. The van der Waals surface area contributed by atoms with Crippen LogP contribution in [0.15, 0.2) is 27.6 Å². The quantitative estimate of drug-likeness (QED) is 0.822. The smallest absolute Gasteiger partial charge is 0.0277 e. The van der Waals surface area contributed by atoms with E-state index in [1.54, 1.807) is 0 Å². The summed E-state index contributed by atoms with van der Waals surface area (Å²) in [5, 5.41) is 0.604. The number of benzene rings is 1. The van der Waals surface area contributed by atoms with Gasteiger partial charge < -0.3 is 5.73 Å². The Bertz CT molecular complexity index is 350. The molecule has 0 bridgehead atoms. The summed E-state index contributed by atoms with van der Waals surface area (Å²) in [5.41, 5.74) is 7.22. The maximum Gasteiger partial charge on any atom is 0.0277 e. The standard InChI is InChI=1S/C13H20BrNS/c1-8(2)10(4)16-13-7-11(14)5-6-12(13)9(3)15/h5-10H,15H2,1-4H3. The Kier molecular flexibility index (Phi) is 5.35. The van der Waals surface area contributed by atoms with Crippen LogP contribution in [0, 0.1) is 5.92 Å². The molecule has 0 aliphatic heterocycles. The highest BCUT2D eigenvalue weighted by Gasteiger charge is 2.13. The third-order valence-electron chi connectivity index (χ3n) is 2.72. The van der Waals surface area contributed by atoms with Gasteiger partial charge in [-0.05, 0) is 30.5 Å². The summed E-state index contributed by atoms with van der Waals surface area (Å²) in [6.45, 7) is 8.80. The number of hydrogen-bond acceptors (Lipinski definition) is 2. The zero-order valence-corrected chi connectivity index (χ0v) is 12.7. The minimum absolute atomic E-state index is 0.0926. The van der Waals surface area contributed by atoms with Gasteiger partial charge in [-0.2, -0.15) is 0 Å². The Hall–Kier alpha value is 0.01000. The van der Waals surface area contributed by atoms with Gasteiger partial charge in [-0.1, -0.05) is 42.8 Å². The van der Waals surface area contributed by atoms with Crippen molar-refractivity contribution in [2.75, 3.05) is 0 Å². The molecule has 2 unspecified atom stereocenters. The van der Waals surface area contributed by atoms with E-state index < -0.39 is 0 Å². The maximum atomic E-state index is 5.99. The van der Waals surface area contributed by atoms with Gasteiger partial charge in [0, 0.05) is 20.7 Å². The van der Waals surface area contributed by atoms with Gasteiger partial charge >= 0.3 is 0 Å². The second kappa shape index (κ2) is 6.08. The van der Waals surface area contributed by atoms with Gasteiger partial charge in [0.25, 0.3) is 0 Å². The first kappa shape index (κ1) is 14.1. The minimum atomic E-state index is 0.0926. The van der Waals surface area contributed by atoms with Gasteiger partial charge in [-0.3, -0.25) is 0 Å². The fourth-order valence-electron chi connectivity index (χ4n) is 1.32. The lowest BCUT2D eigenvalue weighted by molar-refractivity contribution is 0.641. The summed E-state index contributed by atoms with van der Waals surface area (Å²) >= 11 is 5.43. The molecule has 0 saturated carbocycles. The van der Waals surface area contributed by atoms with Crippen LogP contribution in [-0.4, -0.2) is 5.25 Å². The predicted molar refractivity (Wildman–Crippen MR) is 76.9 cm³/mol. The Labute approximate surface area is 111 Å². The van der Waals surface area contributed by atoms with Crippen molar-refractivity contribution >= 4 is 27.7 Å². The molecule has 2 N–H and O–H groups in total. The molecule has 2 atom stereocenters. The molecule has 0 aromatic heterocycles. The first-order chi connectivity index (χ1) is 7.41. The van der Waals surface area contributed by atoms with E-state index in [-0.39, 0.29) is 6.04 Å². The highest BCUT2D eigenvalue weighted by Crippen LogP contribution is 2.34. The predicted octanol–water partition coefficient (Wildman–Crippen LogP) is 4.61. The lowest BCUT2D eigenvalue weighted by Gasteiger charge is -2.19. The Morgan fingerprint density at radius 1 is 1.19 bits per heavy atom. The summed E-state index contributed by atoms with van der Waals surface area (Å²) in [5.74, 6) is 0.671. The van der Waals surface area contributed by atoms with Crippen LogP contribution in [0.1, 0.15) is 39.3 Å². The van der Waals surface area contributed by atoms with Gasteiger partial charge in [0.15, 0.2) is 0 Å². The van der Waals surface area contributed by atoms with E-state index in [9.17, 15) is 0 Å². The van der Waals surface area contributed by atoms with Crippen LogP contribution in [0.25, 0.3) is 0 Å². The summed E-state index contributed by atoms with van der Waals surface area (Å²) in [4.78, 5) is 1.30. The van der Waals surface area contributed by atoms with Crippen LogP contribution in [0.4, 0.5) is 0 Å². The highest BCUT2D eigenvalue weighted by atomic mass is 79.9.